The molecule has 6 heteroatoms. The molecule has 1 aromatic carbocycles. The molecule has 0 N–H and O–H groups in total. The molecule has 0 saturated carbocycles. The van der Waals surface area contributed by atoms with Gasteiger partial charge in [0.15, 0.2) is 0 Å². The molecule has 0 bridgehead atoms. The zero-order valence-corrected chi connectivity index (χ0v) is 10.4. The number of nitrogens with zero attached hydrogens (tertiary/aromatic N) is 1. The third-order valence-electron chi connectivity index (χ3n) is 2.48. The molecule has 1 aromatic rings. The summed E-state index contributed by atoms with van der Waals surface area (Å²) in [5, 5.41) is 0. The van der Waals surface area contributed by atoms with Crippen LogP contribution in [0, 0.1) is 0 Å². The number of benzene rings is 1. The molecule has 0 aromatic heterocycles. The summed E-state index contributed by atoms with van der Waals surface area (Å²) in [6, 6.07) is 7.70. The average Bonchev–Trinajstić information content (AvgIpc) is 2.28. The van der Waals surface area contributed by atoms with Crippen LogP contribution in [0.3, 0.4) is 0 Å². The number of para-hydroxylation sites is 2. The summed E-state index contributed by atoms with van der Waals surface area (Å²) in [7, 11) is -3.36. The van der Waals surface area contributed by atoms with Gasteiger partial charge in [-0.2, -0.15) is 8.42 Å². The van der Waals surface area contributed by atoms with Gasteiger partial charge in [-0.05, 0) is 12.1 Å². The molecule has 0 amide bonds. The SMILES string of the molecule is CS(=O)(=O)OCCN1CCOc2ccccc21. The minimum absolute atomic E-state index is 0.160. The minimum Gasteiger partial charge on any atom is -0.490 e. The fourth-order valence-corrected chi connectivity index (χ4v) is 2.14. The lowest BCUT2D eigenvalue weighted by atomic mass is 10.2. The van der Waals surface area contributed by atoms with Crippen molar-refractivity contribution in [1.82, 2.24) is 0 Å². The number of anilines is 1. The van der Waals surface area contributed by atoms with E-state index in [9.17, 15) is 8.42 Å². The number of hydrogen-bond donors (Lipinski definition) is 0. The first-order valence-electron chi connectivity index (χ1n) is 5.37. The molecule has 1 heterocycles. The van der Waals surface area contributed by atoms with Crippen LogP contribution in [0.25, 0.3) is 0 Å². The van der Waals surface area contributed by atoms with Crippen LogP contribution in [0.2, 0.25) is 0 Å². The maximum absolute atomic E-state index is 10.9. The molecule has 0 atom stereocenters. The highest BCUT2D eigenvalue weighted by Crippen LogP contribution is 2.30. The topological polar surface area (TPSA) is 55.8 Å². The van der Waals surface area contributed by atoms with Crippen LogP contribution in [-0.2, 0) is 14.3 Å². The van der Waals surface area contributed by atoms with Crippen LogP contribution in [0.1, 0.15) is 0 Å². The van der Waals surface area contributed by atoms with Gasteiger partial charge in [0, 0.05) is 6.54 Å². The van der Waals surface area contributed by atoms with Gasteiger partial charge in [-0.15, -0.1) is 0 Å². The van der Waals surface area contributed by atoms with Gasteiger partial charge in [0.05, 0.1) is 25.1 Å². The Hall–Kier alpha value is -1.27. The van der Waals surface area contributed by atoms with Crippen molar-refractivity contribution in [2.75, 3.05) is 37.5 Å². The highest BCUT2D eigenvalue weighted by atomic mass is 32.2. The Labute approximate surface area is 101 Å². The summed E-state index contributed by atoms with van der Waals surface area (Å²) < 4.78 is 31.9. The molecule has 17 heavy (non-hydrogen) atoms. The Morgan fingerprint density at radius 1 is 1.41 bits per heavy atom. The first-order chi connectivity index (χ1) is 8.06. The molecule has 0 unspecified atom stereocenters. The van der Waals surface area contributed by atoms with Gasteiger partial charge in [-0.3, -0.25) is 4.18 Å². The predicted octanol–water partition coefficient (Wildman–Crippen LogP) is 0.862. The van der Waals surface area contributed by atoms with E-state index in [0.717, 1.165) is 24.2 Å². The predicted molar refractivity (Wildman–Crippen MR) is 64.9 cm³/mol. The fourth-order valence-electron chi connectivity index (χ4n) is 1.76. The van der Waals surface area contributed by atoms with Crippen LogP contribution in [0.15, 0.2) is 24.3 Å². The maximum atomic E-state index is 10.9. The molecular weight excluding hydrogens is 242 g/mol. The molecule has 5 nitrogen and oxygen atoms in total. The van der Waals surface area contributed by atoms with Crippen molar-refractivity contribution in [1.29, 1.82) is 0 Å². The van der Waals surface area contributed by atoms with E-state index < -0.39 is 10.1 Å². The number of fused-ring (bicyclic) bond motifs is 1. The Morgan fingerprint density at radius 2 is 2.18 bits per heavy atom. The average molecular weight is 257 g/mol. The van der Waals surface area contributed by atoms with Gasteiger partial charge in [0.1, 0.15) is 12.4 Å². The smallest absolute Gasteiger partial charge is 0.264 e. The molecular formula is C11H15NO4S. The molecule has 2 rings (SSSR count). The fraction of sp³-hybridized carbons (Fsp3) is 0.455. The summed E-state index contributed by atoms with van der Waals surface area (Å²) >= 11 is 0. The molecule has 0 radical (unpaired) electrons. The lowest BCUT2D eigenvalue weighted by Crippen LogP contribution is -2.35. The van der Waals surface area contributed by atoms with Crippen molar-refractivity contribution in [3.63, 3.8) is 0 Å². The van der Waals surface area contributed by atoms with E-state index in [0.29, 0.717) is 13.2 Å². The van der Waals surface area contributed by atoms with Crippen LogP contribution in [0.5, 0.6) is 5.75 Å². The normalized spacial score (nSPS) is 15.2. The van der Waals surface area contributed by atoms with Gasteiger partial charge in [-0.1, -0.05) is 12.1 Å². The van der Waals surface area contributed by atoms with E-state index >= 15 is 0 Å². The molecule has 1 aliphatic heterocycles. The van der Waals surface area contributed by atoms with E-state index in [1.54, 1.807) is 0 Å². The van der Waals surface area contributed by atoms with Crippen molar-refractivity contribution < 1.29 is 17.3 Å². The van der Waals surface area contributed by atoms with Gasteiger partial charge in [0.2, 0.25) is 0 Å². The highest BCUT2D eigenvalue weighted by molar-refractivity contribution is 7.85. The monoisotopic (exact) mass is 257 g/mol. The van der Waals surface area contributed by atoms with E-state index in [4.69, 9.17) is 8.92 Å². The number of ether oxygens (including phenoxy) is 1. The first-order valence-corrected chi connectivity index (χ1v) is 7.19. The summed E-state index contributed by atoms with van der Waals surface area (Å²) in [6.07, 6.45) is 1.06. The first kappa shape index (κ1) is 12.2. The largest absolute Gasteiger partial charge is 0.490 e. The lowest BCUT2D eigenvalue weighted by molar-refractivity contribution is 0.291. The Morgan fingerprint density at radius 3 is 2.94 bits per heavy atom. The summed E-state index contributed by atoms with van der Waals surface area (Å²) in [5.74, 6) is 0.832. The molecule has 0 fully saturated rings. The van der Waals surface area contributed by atoms with Gasteiger partial charge in [-0.25, -0.2) is 0 Å². The summed E-state index contributed by atoms with van der Waals surface area (Å²) in [4.78, 5) is 2.06. The van der Waals surface area contributed by atoms with Crippen LogP contribution >= 0.6 is 0 Å². The molecule has 0 saturated heterocycles. The van der Waals surface area contributed by atoms with Crippen molar-refractivity contribution in [2.45, 2.75) is 0 Å². The highest BCUT2D eigenvalue weighted by Gasteiger charge is 2.17. The second-order valence-electron chi connectivity index (χ2n) is 3.83. The lowest BCUT2D eigenvalue weighted by Gasteiger charge is -2.30. The maximum Gasteiger partial charge on any atom is 0.264 e. The van der Waals surface area contributed by atoms with Gasteiger partial charge >= 0.3 is 0 Å². The quantitative estimate of drug-likeness (QED) is 0.749. The van der Waals surface area contributed by atoms with Crippen molar-refractivity contribution in [3.05, 3.63) is 24.3 Å². The Bertz CT molecular complexity index is 486. The summed E-state index contributed by atoms with van der Waals surface area (Å²) in [5.41, 5.74) is 0.982. The number of hydrogen-bond acceptors (Lipinski definition) is 5. The molecule has 0 spiro atoms. The van der Waals surface area contributed by atoms with E-state index in [1.807, 2.05) is 24.3 Å². The second-order valence-corrected chi connectivity index (χ2v) is 5.47. The Kier molecular flexibility index (Phi) is 3.54. The molecule has 0 aliphatic carbocycles. The number of rotatable bonds is 4. The molecule has 1 aliphatic rings. The molecule has 94 valence electrons. The van der Waals surface area contributed by atoms with Crippen molar-refractivity contribution in [2.24, 2.45) is 0 Å². The summed E-state index contributed by atoms with van der Waals surface area (Å²) in [6.45, 7) is 2.04. The third-order valence-corrected chi connectivity index (χ3v) is 3.08. The third kappa shape index (κ3) is 3.34. The van der Waals surface area contributed by atoms with Crippen LogP contribution in [-0.4, -0.2) is 41.0 Å². The zero-order chi connectivity index (χ0) is 12.3. The van der Waals surface area contributed by atoms with Gasteiger partial charge in [0.25, 0.3) is 10.1 Å². The Balaban J connectivity index is 1.99. The second kappa shape index (κ2) is 4.93. The van der Waals surface area contributed by atoms with Crippen LogP contribution < -0.4 is 9.64 Å². The van der Waals surface area contributed by atoms with Crippen molar-refractivity contribution in [3.8, 4) is 5.75 Å². The van der Waals surface area contributed by atoms with E-state index in [1.165, 1.54) is 0 Å². The van der Waals surface area contributed by atoms with Crippen LogP contribution in [0.4, 0.5) is 5.69 Å². The minimum atomic E-state index is -3.36. The van der Waals surface area contributed by atoms with Gasteiger partial charge < -0.3 is 9.64 Å². The standard InChI is InChI=1S/C11H15NO4S/c1-17(13,14)16-9-7-12-6-8-15-11-5-3-2-4-10(11)12/h2-5H,6-9H2,1H3. The van der Waals surface area contributed by atoms with E-state index in [-0.39, 0.29) is 6.61 Å². The van der Waals surface area contributed by atoms with E-state index in [2.05, 4.69) is 4.90 Å². The zero-order valence-electron chi connectivity index (χ0n) is 9.63. The van der Waals surface area contributed by atoms with Crippen molar-refractivity contribution >= 4 is 15.8 Å².